The van der Waals surface area contributed by atoms with Crippen molar-refractivity contribution >= 4 is 17.1 Å². The van der Waals surface area contributed by atoms with Gasteiger partial charge in [-0.05, 0) is 18.2 Å². The van der Waals surface area contributed by atoms with E-state index in [0.29, 0.717) is 36.7 Å². The fourth-order valence-electron chi connectivity index (χ4n) is 2.41. The van der Waals surface area contributed by atoms with Crippen LogP contribution in [0.4, 0.5) is 0 Å². The molecule has 3 rings (SSSR count). The van der Waals surface area contributed by atoms with E-state index in [0.717, 1.165) is 10.6 Å². The van der Waals surface area contributed by atoms with Crippen LogP contribution < -0.4 is 31.0 Å². The van der Waals surface area contributed by atoms with Crippen LogP contribution in [0.3, 0.4) is 0 Å². The summed E-state index contributed by atoms with van der Waals surface area (Å²) >= 11 is 1.57. The number of thiazole rings is 1. The van der Waals surface area contributed by atoms with Crippen LogP contribution in [-0.2, 0) is 13.0 Å². The fourth-order valence-corrected chi connectivity index (χ4v) is 3.40. The molecule has 0 fully saturated rings. The van der Waals surface area contributed by atoms with Gasteiger partial charge in [0, 0.05) is 25.5 Å². The number of hydrogen-bond acceptors (Lipinski definition) is 5. The molecule has 0 amide bonds. The first-order valence-electron chi connectivity index (χ1n) is 7.19. The zero-order chi connectivity index (χ0) is 15.5. The van der Waals surface area contributed by atoms with Gasteiger partial charge in [-0.1, -0.05) is 11.3 Å². The molecule has 0 spiro atoms. The van der Waals surface area contributed by atoms with Crippen LogP contribution in [-0.4, -0.2) is 30.7 Å². The lowest BCUT2D eigenvalue weighted by Gasteiger charge is -2.18. The average Bonchev–Trinajstić information content (AvgIpc) is 2.88. The lowest BCUT2D eigenvalue weighted by molar-refractivity contribution is -0.684. The molecule has 0 atom stereocenters. The Morgan fingerprint density at radius 3 is 2.78 bits per heavy atom. The molecule has 1 aliphatic rings. The maximum Gasteiger partial charge on any atom is 0.227 e. The molecule has 23 heavy (non-hydrogen) atoms. The molecule has 0 aliphatic carbocycles. The maximum absolute atomic E-state index is 12.5. The minimum absolute atomic E-state index is 0. The van der Waals surface area contributed by atoms with Gasteiger partial charge in [-0.2, -0.15) is 4.57 Å². The molecule has 5 nitrogen and oxygen atoms in total. The van der Waals surface area contributed by atoms with Crippen molar-refractivity contribution in [2.45, 2.75) is 19.9 Å². The van der Waals surface area contributed by atoms with Gasteiger partial charge in [0.05, 0.1) is 4.88 Å². The highest BCUT2D eigenvalue weighted by Gasteiger charge is 2.21. The molecule has 0 saturated carbocycles. The predicted octanol–water partition coefficient (Wildman–Crippen LogP) is -1.46. The number of benzene rings is 1. The molecular weight excluding hydrogens is 382 g/mol. The van der Waals surface area contributed by atoms with E-state index >= 15 is 0 Å². The predicted molar refractivity (Wildman–Crippen MR) is 81.8 cm³/mol. The first-order valence-corrected chi connectivity index (χ1v) is 8.07. The van der Waals surface area contributed by atoms with E-state index in [-0.39, 0.29) is 35.9 Å². The fraction of sp³-hybridized carbons (Fsp3) is 0.375. The highest BCUT2D eigenvalue weighted by atomic mass is 79.9. The van der Waals surface area contributed by atoms with E-state index in [2.05, 4.69) is 0 Å². The summed E-state index contributed by atoms with van der Waals surface area (Å²) in [5.41, 5.74) is 3.58. The van der Waals surface area contributed by atoms with Crippen molar-refractivity contribution in [3.63, 3.8) is 0 Å². The number of aliphatic hydroxyl groups excluding tert-OH is 1. The van der Waals surface area contributed by atoms with Gasteiger partial charge >= 0.3 is 0 Å². The topological polar surface area (TPSA) is 59.6 Å². The molecule has 0 saturated heterocycles. The summed E-state index contributed by atoms with van der Waals surface area (Å²) < 4.78 is 12.9. The van der Waals surface area contributed by atoms with E-state index in [1.807, 2.05) is 17.0 Å². The van der Waals surface area contributed by atoms with Crippen molar-refractivity contribution in [1.29, 1.82) is 0 Å². The van der Waals surface area contributed by atoms with E-state index in [9.17, 15) is 4.79 Å². The Bertz CT molecular complexity index is 701. The molecule has 0 radical (unpaired) electrons. The van der Waals surface area contributed by atoms with Crippen molar-refractivity contribution in [3.05, 3.63) is 39.8 Å². The monoisotopic (exact) mass is 399 g/mol. The Morgan fingerprint density at radius 1 is 1.30 bits per heavy atom. The van der Waals surface area contributed by atoms with Crippen LogP contribution in [0.1, 0.15) is 20.9 Å². The van der Waals surface area contributed by atoms with Gasteiger partial charge in [-0.3, -0.25) is 4.79 Å². The molecule has 0 bridgehead atoms. The molecule has 0 unspecified atom stereocenters. The first-order chi connectivity index (χ1) is 10.7. The second-order valence-corrected chi connectivity index (χ2v) is 6.05. The molecule has 1 N–H and O–H groups in total. The molecule has 7 heteroatoms. The van der Waals surface area contributed by atoms with Gasteiger partial charge in [-0.15, -0.1) is 0 Å². The minimum atomic E-state index is 0. The Balaban J connectivity index is 0.00000192. The van der Waals surface area contributed by atoms with Crippen molar-refractivity contribution in [2.24, 2.45) is 0 Å². The highest BCUT2D eigenvalue weighted by molar-refractivity contribution is 7.09. The summed E-state index contributed by atoms with van der Waals surface area (Å²) in [6, 6.07) is 5.30. The third-order valence-electron chi connectivity index (χ3n) is 3.67. The van der Waals surface area contributed by atoms with Crippen LogP contribution in [0, 0.1) is 6.92 Å². The molecule has 1 aromatic carbocycles. The van der Waals surface area contributed by atoms with Crippen LogP contribution in [0.25, 0.3) is 0 Å². The molecule has 1 aromatic heterocycles. The largest absolute Gasteiger partial charge is 1.00 e. The number of nitrogens with zero attached hydrogens (tertiary/aromatic N) is 1. The maximum atomic E-state index is 12.5. The second kappa shape index (κ2) is 7.90. The Hall–Kier alpha value is -1.44. The van der Waals surface area contributed by atoms with E-state index in [1.54, 1.807) is 29.5 Å². The smallest absolute Gasteiger partial charge is 0.227 e. The Morgan fingerprint density at radius 2 is 2.04 bits per heavy atom. The third kappa shape index (κ3) is 3.91. The molecule has 1 aliphatic heterocycles. The van der Waals surface area contributed by atoms with Crippen molar-refractivity contribution in [3.8, 4) is 11.5 Å². The highest BCUT2D eigenvalue weighted by Crippen LogP contribution is 2.30. The summed E-state index contributed by atoms with van der Waals surface area (Å²) in [6.07, 6.45) is 0.627. The Kier molecular flexibility index (Phi) is 6.15. The van der Waals surface area contributed by atoms with Gasteiger partial charge < -0.3 is 31.6 Å². The lowest BCUT2D eigenvalue weighted by Crippen LogP contribution is -3.00. The van der Waals surface area contributed by atoms with E-state index < -0.39 is 0 Å². The molecular formula is C16H18BrNO4S. The van der Waals surface area contributed by atoms with Crippen molar-refractivity contribution in [1.82, 2.24) is 0 Å². The number of Topliss-reactive ketones (excluding diaryl/α,β-unsaturated/α-hetero) is 1. The number of ether oxygens (including phenoxy) is 2. The van der Waals surface area contributed by atoms with Gasteiger partial charge in [0.1, 0.15) is 13.2 Å². The van der Waals surface area contributed by atoms with Crippen LogP contribution in [0.5, 0.6) is 11.5 Å². The number of rotatable bonds is 5. The van der Waals surface area contributed by atoms with Crippen molar-refractivity contribution in [2.75, 3.05) is 19.8 Å². The third-order valence-corrected chi connectivity index (χ3v) is 4.82. The minimum Gasteiger partial charge on any atom is -1.00 e. The average molecular weight is 400 g/mol. The standard InChI is InChI=1S/C16H18NO4S.BrH/c1-11-16(4-5-18)22-10-17(11)9-13(19)12-2-3-14-15(8-12)21-7-6-20-14;/h2-3,8,10,18H,4-7,9H2,1H3;1H/q+1;/p-1. The summed E-state index contributed by atoms with van der Waals surface area (Å²) in [5.74, 6) is 1.34. The number of hydrogen-bond donors (Lipinski definition) is 1. The lowest BCUT2D eigenvalue weighted by atomic mass is 10.1. The van der Waals surface area contributed by atoms with Gasteiger partial charge in [0.15, 0.2) is 17.2 Å². The molecule has 2 aromatic rings. The normalized spacial score (nSPS) is 12.6. The Labute approximate surface area is 149 Å². The number of fused-ring (bicyclic) bond motifs is 1. The first kappa shape index (κ1) is 17.9. The van der Waals surface area contributed by atoms with Gasteiger partial charge in [0.2, 0.25) is 17.8 Å². The zero-order valence-corrected chi connectivity index (χ0v) is 15.2. The number of halogens is 1. The number of aromatic nitrogens is 1. The van der Waals surface area contributed by atoms with E-state index in [1.165, 1.54) is 0 Å². The number of carbonyl (C=O) groups is 1. The van der Waals surface area contributed by atoms with E-state index in [4.69, 9.17) is 14.6 Å². The van der Waals surface area contributed by atoms with Crippen LogP contribution in [0.2, 0.25) is 0 Å². The number of ketones is 1. The summed E-state index contributed by atoms with van der Waals surface area (Å²) in [5, 5.41) is 9.03. The second-order valence-electron chi connectivity index (χ2n) is 5.11. The van der Waals surface area contributed by atoms with Crippen molar-refractivity contribution < 1.29 is 40.9 Å². The van der Waals surface area contributed by atoms with Crippen LogP contribution >= 0.6 is 11.3 Å². The summed E-state index contributed by atoms with van der Waals surface area (Å²) in [6.45, 7) is 3.43. The number of aliphatic hydroxyl groups is 1. The van der Waals surface area contributed by atoms with Gasteiger partial charge in [-0.25, -0.2) is 0 Å². The quantitative estimate of drug-likeness (QED) is 0.492. The molecule has 2 heterocycles. The summed E-state index contributed by atoms with van der Waals surface area (Å²) in [7, 11) is 0. The number of carbonyl (C=O) groups excluding carboxylic acids is 1. The molecule has 124 valence electrons. The summed E-state index contributed by atoms with van der Waals surface area (Å²) in [4.78, 5) is 13.6. The van der Waals surface area contributed by atoms with Gasteiger partial charge in [0.25, 0.3) is 0 Å². The SMILES string of the molecule is Cc1c(CCO)sc[n+]1CC(=O)c1ccc2c(c1)OCCO2.[Br-]. The zero-order valence-electron chi connectivity index (χ0n) is 12.8. The van der Waals surface area contributed by atoms with Crippen LogP contribution in [0.15, 0.2) is 23.7 Å².